The summed E-state index contributed by atoms with van der Waals surface area (Å²) in [7, 11) is 3.92. The summed E-state index contributed by atoms with van der Waals surface area (Å²) in [6.07, 6.45) is 1.75. The van der Waals surface area contributed by atoms with Crippen molar-refractivity contribution in [2.75, 3.05) is 25.6 Å². The fourth-order valence-electron chi connectivity index (χ4n) is 4.61. The summed E-state index contributed by atoms with van der Waals surface area (Å²) in [6, 6.07) is 16.7. The zero-order valence-corrected chi connectivity index (χ0v) is 23.9. The summed E-state index contributed by atoms with van der Waals surface area (Å²) >= 11 is 8.00. The van der Waals surface area contributed by atoms with E-state index in [4.69, 9.17) is 16.3 Å². The monoisotopic (exact) mass is 561 g/mol. The fourth-order valence-corrected chi connectivity index (χ4v) is 5.96. The average molecular weight is 562 g/mol. The van der Waals surface area contributed by atoms with Gasteiger partial charge in [0.25, 0.3) is 5.56 Å². The van der Waals surface area contributed by atoms with E-state index in [1.807, 2.05) is 80.5 Å². The zero-order chi connectivity index (χ0) is 27.8. The van der Waals surface area contributed by atoms with Crippen LogP contribution in [0.25, 0.3) is 11.8 Å². The number of esters is 1. The standard InChI is InChI=1S/C29H28ClN5O3S/c1-6-38-28(37)24-18(3)31-29-34(25(24)19-12-14-20(15-13-19)33(4)5)27(36)23(39-29)16-22-17(2)32-35(26(22)30)21-10-8-7-9-11-21/h7-16,25H,6H2,1-5H3/t25-/m0/s1. The van der Waals surface area contributed by atoms with Crippen molar-refractivity contribution in [1.82, 2.24) is 14.3 Å². The Morgan fingerprint density at radius 3 is 2.46 bits per heavy atom. The van der Waals surface area contributed by atoms with Crippen LogP contribution in [0.5, 0.6) is 0 Å². The van der Waals surface area contributed by atoms with Crippen molar-refractivity contribution in [2.45, 2.75) is 26.8 Å². The number of nitrogens with zero attached hydrogens (tertiary/aromatic N) is 5. The molecule has 200 valence electrons. The summed E-state index contributed by atoms with van der Waals surface area (Å²) in [4.78, 5) is 34.2. The van der Waals surface area contributed by atoms with Crippen molar-refractivity contribution in [1.29, 1.82) is 0 Å². The highest BCUT2D eigenvalue weighted by atomic mass is 35.5. The second-order valence-electron chi connectivity index (χ2n) is 9.33. The molecule has 0 N–H and O–H groups in total. The molecule has 0 spiro atoms. The topological polar surface area (TPSA) is 81.7 Å². The molecule has 39 heavy (non-hydrogen) atoms. The molecule has 5 rings (SSSR count). The van der Waals surface area contributed by atoms with E-state index >= 15 is 0 Å². The Hall–Kier alpha value is -3.95. The van der Waals surface area contributed by atoms with Gasteiger partial charge in [0.15, 0.2) is 4.80 Å². The minimum atomic E-state index is -0.678. The number of halogens is 1. The molecule has 0 radical (unpaired) electrons. The van der Waals surface area contributed by atoms with Crippen molar-refractivity contribution in [2.24, 2.45) is 4.99 Å². The molecule has 0 unspecified atom stereocenters. The van der Waals surface area contributed by atoms with E-state index in [-0.39, 0.29) is 12.2 Å². The number of carbonyl (C=O) groups excluding carboxylic acids is 1. The molecule has 1 aliphatic heterocycles. The number of carbonyl (C=O) groups is 1. The highest BCUT2D eigenvalue weighted by molar-refractivity contribution is 7.07. The molecule has 0 saturated heterocycles. The third-order valence-electron chi connectivity index (χ3n) is 6.57. The number of aromatic nitrogens is 3. The highest BCUT2D eigenvalue weighted by Gasteiger charge is 2.33. The van der Waals surface area contributed by atoms with E-state index < -0.39 is 12.0 Å². The fraction of sp³-hybridized carbons (Fsp3) is 0.241. The number of para-hydroxylation sites is 1. The maximum absolute atomic E-state index is 13.9. The van der Waals surface area contributed by atoms with E-state index in [2.05, 4.69) is 10.1 Å². The van der Waals surface area contributed by atoms with E-state index in [1.54, 1.807) is 29.2 Å². The summed E-state index contributed by atoms with van der Waals surface area (Å²) < 4.78 is 9.05. The number of hydrogen-bond donors (Lipinski definition) is 0. The van der Waals surface area contributed by atoms with Crippen molar-refractivity contribution in [3.8, 4) is 5.69 Å². The summed E-state index contributed by atoms with van der Waals surface area (Å²) in [6.45, 7) is 5.60. The number of fused-ring (bicyclic) bond motifs is 1. The van der Waals surface area contributed by atoms with Crippen LogP contribution in [0, 0.1) is 6.92 Å². The molecule has 1 atom stereocenters. The number of thiazole rings is 1. The zero-order valence-electron chi connectivity index (χ0n) is 22.3. The summed E-state index contributed by atoms with van der Waals surface area (Å²) in [5, 5.41) is 5.00. The number of ether oxygens (including phenoxy) is 1. The molecule has 3 heterocycles. The first-order valence-electron chi connectivity index (χ1n) is 12.5. The molecule has 0 bridgehead atoms. The van der Waals surface area contributed by atoms with Gasteiger partial charge in [-0.3, -0.25) is 9.36 Å². The molecule has 0 aliphatic carbocycles. The van der Waals surface area contributed by atoms with E-state index in [1.165, 1.54) is 11.3 Å². The molecular formula is C29H28ClN5O3S. The predicted molar refractivity (Wildman–Crippen MR) is 154 cm³/mol. The molecule has 2 aromatic carbocycles. The van der Waals surface area contributed by atoms with Crippen LogP contribution in [0.2, 0.25) is 5.15 Å². The van der Waals surface area contributed by atoms with Gasteiger partial charge in [0.05, 0.1) is 39.8 Å². The molecule has 2 aromatic heterocycles. The molecule has 0 saturated carbocycles. The van der Waals surface area contributed by atoms with Gasteiger partial charge in [0, 0.05) is 25.3 Å². The van der Waals surface area contributed by atoms with Gasteiger partial charge in [-0.2, -0.15) is 5.10 Å². The molecule has 1 aliphatic rings. The lowest BCUT2D eigenvalue weighted by atomic mass is 9.95. The second kappa shape index (κ2) is 10.7. The van der Waals surface area contributed by atoms with Gasteiger partial charge in [-0.05, 0) is 56.7 Å². The number of aryl methyl sites for hydroxylation is 1. The second-order valence-corrected chi connectivity index (χ2v) is 10.7. The van der Waals surface area contributed by atoms with Crippen LogP contribution in [0.1, 0.15) is 36.7 Å². The maximum atomic E-state index is 13.9. The van der Waals surface area contributed by atoms with E-state index in [0.29, 0.717) is 37.0 Å². The normalized spacial score (nSPS) is 15.2. The van der Waals surface area contributed by atoms with Gasteiger partial charge in [0.2, 0.25) is 0 Å². The van der Waals surface area contributed by atoms with Crippen LogP contribution in [0.15, 0.2) is 75.7 Å². The number of allylic oxidation sites excluding steroid dienone is 1. The number of anilines is 1. The molecule has 10 heteroatoms. The van der Waals surface area contributed by atoms with Crippen LogP contribution >= 0.6 is 22.9 Å². The lowest BCUT2D eigenvalue weighted by Crippen LogP contribution is -2.40. The molecular weight excluding hydrogens is 534 g/mol. The van der Waals surface area contributed by atoms with Gasteiger partial charge < -0.3 is 9.64 Å². The van der Waals surface area contributed by atoms with Gasteiger partial charge >= 0.3 is 5.97 Å². The first-order chi connectivity index (χ1) is 18.7. The number of rotatable bonds is 6. The van der Waals surface area contributed by atoms with Crippen molar-refractivity contribution in [3.63, 3.8) is 0 Å². The number of hydrogen-bond acceptors (Lipinski definition) is 7. The van der Waals surface area contributed by atoms with Crippen molar-refractivity contribution < 1.29 is 9.53 Å². The van der Waals surface area contributed by atoms with Crippen LogP contribution in [-0.4, -0.2) is 41.0 Å². The van der Waals surface area contributed by atoms with Gasteiger partial charge in [0.1, 0.15) is 5.15 Å². The van der Waals surface area contributed by atoms with Gasteiger partial charge in [-0.15, -0.1) is 0 Å². The Kier molecular flexibility index (Phi) is 7.29. The largest absolute Gasteiger partial charge is 0.463 e. The van der Waals surface area contributed by atoms with E-state index in [9.17, 15) is 9.59 Å². The third kappa shape index (κ3) is 4.84. The Balaban J connectivity index is 1.69. The van der Waals surface area contributed by atoms with Crippen LogP contribution in [-0.2, 0) is 9.53 Å². The summed E-state index contributed by atoms with van der Waals surface area (Å²) in [5.74, 6) is -0.488. The molecule has 8 nitrogen and oxygen atoms in total. The first-order valence-corrected chi connectivity index (χ1v) is 13.7. The maximum Gasteiger partial charge on any atom is 0.338 e. The predicted octanol–water partition coefficient (Wildman–Crippen LogP) is 4.01. The van der Waals surface area contributed by atoms with Crippen molar-refractivity contribution in [3.05, 3.63) is 108 Å². The first kappa shape index (κ1) is 26.6. The van der Waals surface area contributed by atoms with Gasteiger partial charge in [-0.25, -0.2) is 14.5 Å². The summed E-state index contributed by atoms with van der Waals surface area (Å²) in [5.41, 5.74) is 4.56. The quantitative estimate of drug-likeness (QED) is 0.332. The van der Waals surface area contributed by atoms with Gasteiger partial charge in [-0.1, -0.05) is 53.3 Å². The minimum Gasteiger partial charge on any atom is -0.463 e. The lowest BCUT2D eigenvalue weighted by Gasteiger charge is -2.25. The lowest BCUT2D eigenvalue weighted by molar-refractivity contribution is -0.139. The number of benzene rings is 2. The molecule has 0 amide bonds. The average Bonchev–Trinajstić information content (AvgIpc) is 3.38. The smallest absolute Gasteiger partial charge is 0.338 e. The Morgan fingerprint density at radius 1 is 1.13 bits per heavy atom. The SMILES string of the molecule is CCOC(=O)C1=C(C)N=c2sc(=Cc3c(C)nn(-c4ccccc4)c3Cl)c(=O)n2[C@H]1c1ccc(N(C)C)cc1. The Labute approximate surface area is 234 Å². The Morgan fingerprint density at radius 2 is 1.82 bits per heavy atom. The van der Waals surface area contributed by atoms with Crippen molar-refractivity contribution >= 4 is 40.7 Å². The molecule has 4 aromatic rings. The minimum absolute atomic E-state index is 0.218. The van der Waals surface area contributed by atoms with E-state index in [0.717, 1.165) is 16.9 Å². The molecule has 0 fully saturated rings. The van der Waals surface area contributed by atoms with Crippen LogP contribution in [0.3, 0.4) is 0 Å². The van der Waals surface area contributed by atoms with Crippen LogP contribution in [0.4, 0.5) is 5.69 Å². The Bertz CT molecular complexity index is 1770. The highest BCUT2D eigenvalue weighted by Crippen LogP contribution is 2.32. The third-order valence-corrected chi connectivity index (χ3v) is 7.91. The van der Waals surface area contributed by atoms with Crippen LogP contribution < -0.4 is 19.8 Å².